The summed E-state index contributed by atoms with van der Waals surface area (Å²) < 4.78 is 37.0. The van der Waals surface area contributed by atoms with Crippen LogP contribution < -0.4 is 0 Å². The fourth-order valence-corrected chi connectivity index (χ4v) is 5.37. The predicted molar refractivity (Wildman–Crippen MR) is 117 cm³/mol. The zero-order valence-electron chi connectivity index (χ0n) is 17.6. The van der Waals surface area contributed by atoms with Crippen LogP contribution in [0.5, 0.6) is 0 Å². The van der Waals surface area contributed by atoms with E-state index in [-0.39, 0.29) is 48.1 Å². The lowest BCUT2D eigenvalue weighted by Gasteiger charge is -2.30. The maximum atomic E-state index is 12.9. The van der Waals surface area contributed by atoms with Crippen LogP contribution in [0, 0.1) is 16.0 Å². The molecule has 1 fully saturated rings. The van der Waals surface area contributed by atoms with Crippen LogP contribution in [0.3, 0.4) is 0 Å². The summed E-state index contributed by atoms with van der Waals surface area (Å²) >= 11 is 5.99. The van der Waals surface area contributed by atoms with E-state index >= 15 is 0 Å². The van der Waals surface area contributed by atoms with Crippen molar-refractivity contribution in [3.8, 4) is 0 Å². The van der Waals surface area contributed by atoms with E-state index in [9.17, 15) is 28.1 Å². The van der Waals surface area contributed by atoms with Crippen LogP contribution in [-0.4, -0.2) is 49.8 Å². The topological polar surface area (TPSA) is 133 Å². The molecule has 0 amide bonds. The highest BCUT2D eigenvalue weighted by Gasteiger charge is 2.34. The van der Waals surface area contributed by atoms with Gasteiger partial charge in [-0.2, -0.15) is 4.31 Å². The van der Waals surface area contributed by atoms with Gasteiger partial charge in [0.2, 0.25) is 10.0 Å². The number of benzene rings is 2. The Kier molecular flexibility index (Phi) is 7.67. The monoisotopic (exact) mass is 496 g/mol. The SMILES string of the molecule is COC(=O)c1ccc(COC(=O)C2CCN(S(=O)(=O)c3cc([N+](=O)[O-])ccc3Cl)CC2)cc1. The smallest absolute Gasteiger partial charge is 0.337 e. The summed E-state index contributed by atoms with van der Waals surface area (Å²) in [5.41, 5.74) is 0.692. The Bertz CT molecular complexity index is 1160. The number of hydrogen-bond acceptors (Lipinski definition) is 8. The first-order chi connectivity index (χ1) is 15.6. The molecule has 12 heteroatoms. The lowest BCUT2D eigenvalue weighted by molar-refractivity contribution is -0.385. The first-order valence-corrected chi connectivity index (χ1v) is 11.7. The fraction of sp³-hybridized carbons (Fsp3) is 0.333. The number of hydrogen-bond donors (Lipinski definition) is 0. The van der Waals surface area contributed by atoms with Gasteiger partial charge in [-0.25, -0.2) is 13.2 Å². The van der Waals surface area contributed by atoms with E-state index in [2.05, 4.69) is 4.74 Å². The van der Waals surface area contributed by atoms with Crippen LogP contribution in [0.25, 0.3) is 0 Å². The van der Waals surface area contributed by atoms with Gasteiger partial charge in [-0.1, -0.05) is 23.7 Å². The van der Waals surface area contributed by atoms with E-state index in [0.29, 0.717) is 11.1 Å². The van der Waals surface area contributed by atoms with Crippen molar-refractivity contribution < 1.29 is 32.4 Å². The summed E-state index contributed by atoms with van der Waals surface area (Å²) in [4.78, 5) is 33.9. The molecule has 0 N–H and O–H groups in total. The second-order valence-electron chi connectivity index (χ2n) is 7.35. The molecular formula is C21H21ClN2O8S. The van der Waals surface area contributed by atoms with Gasteiger partial charge in [0.15, 0.2) is 0 Å². The van der Waals surface area contributed by atoms with Crippen LogP contribution in [0.2, 0.25) is 5.02 Å². The van der Waals surface area contributed by atoms with E-state index in [1.54, 1.807) is 24.3 Å². The summed E-state index contributed by atoms with van der Waals surface area (Å²) in [7, 11) is -2.77. The molecule has 176 valence electrons. The first-order valence-electron chi connectivity index (χ1n) is 9.91. The number of nitro groups is 1. The molecule has 33 heavy (non-hydrogen) atoms. The molecule has 2 aromatic carbocycles. The summed E-state index contributed by atoms with van der Waals surface area (Å²) in [6, 6.07) is 9.67. The number of non-ortho nitro benzene ring substituents is 1. The fourth-order valence-electron chi connectivity index (χ4n) is 3.40. The second-order valence-corrected chi connectivity index (χ2v) is 9.66. The number of ether oxygens (including phenoxy) is 2. The zero-order chi connectivity index (χ0) is 24.2. The van der Waals surface area contributed by atoms with E-state index in [4.69, 9.17) is 16.3 Å². The number of sulfonamides is 1. The van der Waals surface area contributed by atoms with Gasteiger partial charge in [-0.3, -0.25) is 14.9 Å². The van der Waals surface area contributed by atoms with Crippen molar-refractivity contribution in [2.45, 2.75) is 24.3 Å². The zero-order valence-corrected chi connectivity index (χ0v) is 19.2. The minimum Gasteiger partial charge on any atom is -0.465 e. The Morgan fingerprint density at radius 3 is 2.36 bits per heavy atom. The molecule has 0 spiro atoms. The number of methoxy groups -OCH3 is 1. The molecule has 1 aliphatic heterocycles. The lowest BCUT2D eigenvalue weighted by atomic mass is 9.98. The highest BCUT2D eigenvalue weighted by Crippen LogP contribution is 2.31. The maximum absolute atomic E-state index is 12.9. The average Bonchev–Trinajstić information content (AvgIpc) is 2.82. The van der Waals surface area contributed by atoms with Crippen molar-refractivity contribution in [3.63, 3.8) is 0 Å². The van der Waals surface area contributed by atoms with E-state index in [0.717, 1.165) is 16.4 Å². The highest BCUT2D eigenvalue weighted by molar-refractivity contribution is 7.89. The van der Waals surface area contributed by atoms with E-state index < -0.39 is 32.8 Å². The lowest BCUT2D eigenvalue weighted by Crippen LogP contribution is -2.40. The number of rotatable bonds is 7. The van der Waals surface area contributed by atoms with E-state index in [1.165, 1.54) is 13.2 Å². The van der Waals surface area contributed by atoms with Gasteiger partial charge in [-0.15, -0.1) is 0 Å². The number of nitro benzene ring substituents is 1. The average molecular weight is 497 g/mol. The van der Waals surface area contributed by atoms with Gasteiger partial charge >= 0.3 is 11.9 Å². The minimum atomic E-state index is -4.06. The van der Waals surface area contributed by atoms with Crippen LogP contribution in [0.4, 0.5) is 5.69 Å². The molecule has 0 bridgehead atoms. The molecule has 0 saturated carbocycles. The number of esters is 2. The number of nitrogens with zero attached hydrogens (tertiary/aromatic N) is 2. The Balaban J connectivity index is 1.58. The number of carbonyl (C=O) groups excluding carboxylic acids is 2. The number of piperidine rings is 1. The molecule has 0 radical (unpaired) electrons. The van der Waals surface area contributed by atoms with Crippen molar-refractivity contribution in [2.75, 3.05) is 20.2 Å². The molecule has 0 atom stereocenters. The quantitative estimate of drug-likeness (QED) is 0.324. The summed E-state index contributed by atoms with van der Waals surface area (Å²) in [5.74, 6) is -1.39. The molecule has 3 rings (SSSR count). The second kappa shape index (κ2) is 10.3. The molecule has 0 unspecified atom stereocenters. The Morgan fingerprint density at radius 1 is 1.15 bits per heavy atom. The molecule has 0 aliphatic carbocycles. The van der Waals surface area contributed by atoms with Gasteiger partial charge in [0.1, 0.15) is 11.5 Å². The Labute approximate surface area is 195 Å². The van der Waals surface area contributed by atoms with Crippen molar-refractivity contribution in [2.24, 2.45) is 5.92 Å². The standard InChI is InChI=1S/C21H21ClN2O8S/c1-31-20(25)15-4-2-14(3-5-15)13-32-21(26)16-8-10-23(11-9-16)33(29,30)19-12-17(24(27)28)6-7-18(19)22/h2-7,12,16H,8-11,13H2,1H3. The third-order valence-electron chi connectivity index (χ3n) is 5.29. The maximum Gasteiger partial charge on any atom is 0.337 e. The highest BCUT2D eigenvalue weighted by atomic mass is 35.5. The van der Waals surface area contributed by atoms with E-state index in [1.807, 2.05) is 0 Å². The minimum absolute atomic E-state index is 0.0160. The molecule has 1 saturated heterocycles. The Morgan fingerprint density at radius 2 is 1.79 bits per heavy atom. The number of halogens is 1. The summed E-state index contributed by atoms with van der Waals surface area (Å²) in [6.45, 7) is 0.117. The van der Waals surface area contributed by atoms with Crippen LogP contribution in [0.1, 0.15) is 28.8 Å². The van der Waals surface area contributed by atoms with Crippen LogP contribution >= 0.6 is 11.6 Å². The van der Waals surface area contributed by atoms with Gasteiger partial charge in [0.05, 0.1) is 28.5 Å². The predicted octanol–water partition coefficient (Wildman–Crippen LogP) is 3.18. The normalized spacial score (nSPS) is 15.1. The van der Waals surface area contributed by atoms with Crippen LogP contribution in [-0.2, 0) is 30.9 Å². The van der Waals surface area contributed by atoms with Crippen molar-refractivity contribution in [1.29, 1.82) is 0 Å². The number of carbonyl (C=O) groups is 2. The van der Waals surface area contributed by atoms with Crippen molar-refractivity contribution in [1.82, 2.24) is 4.31 Å². The molecule has 10 nitrogen and oxygen atoms in total. The van der Waals surface area contributed by atoms with Crippen molar-refractivity contribution in [3.05, 3.63) is 68.7 Å². The third kappa shape index (κ3) is 5.67. The van der Waals surface area contributed by atoms with Gasteiger partial charge in [0.25, 0.3) is 5.69 Å². The van der Waals surface area contributed by atoms with Gasteiger partial charge in [0, 0.05) is 25.2 Å². The molecule has 1 aliphatic rings. The third-order valence-corrected chi connectivity index (χ3v) is 7.67. The molecular weight excluding hydrogens is 476 g/mol. The summed E-state index contributed by atoms with van der Waals surface area (Å²) in [6.07, 6.45) is 0.484. The van der Waals surface area contributed by atoms with Gasteiger partial charge in [-0.05, 0) is 36.6 Å². The van der Waals surface area contributed by atoms with Gasteiger partial charge < -0.3 is 9.47 Å². The Hall–Kier alpha value is -3.02. The molecule has 2 aromatic rings. The first kappa shape index (κ1) is 24.6. The van der Waals surface area contributed by atoms with Crippen LogP contribution in [0.15, 0.2) is 47.4 Å². The largest absolute Gasteiger partial charge is 0.465 e. The molecule has 0 aromatic heterocycles. The van der Waals surface area contributed by atoms with Crippen molar-refractivity contribution >= 4 is 39.3 Å². The summed E-state index contributed by atoms with van der Waals surface area (Å²) in [5, 5.41) is 10.9. The molecule has 1 heterocycles.